The molecule has 5 rings (SSSR count). The van der Waals surface area contributed by atoms with Gasteiger partial charge in [-0.15, -0.1) is 0 Å². The fourth-order valence-corrected chi connectivity index (χ4v) is 6.10. The molecule has 3 aromatic rings. The van der Waals surface area contributed by atoms with Gasteiger partial charge in [-0.1, -0.05) is 36.8 Å². The van der Waals surface area contributed by atoms with Gasteiger partial charge in [0, 0.05) is 44.5 Å². The summed E-state index contributed by atoms with van der Waals surface area (Å²) in [4.78, 5) is 22.6. The van der Waals surface area contributed by atoms with Crippen LogP contribution in [0.1, 0.15) is 60.6 Å². The SMILES string of the molecule is CCOc1cccc(C(=O)N2CCC3(CCCCc4ccccc4OCCN(Cc4ccccn4)C3)CC2)c1. The van der Waals surface area contributed by atoms with Crippen molar-refractivity contribution in [2.45, 2.75) is 52.0 Å². The zero-order chi connectivity index (χ0) is 26.9. The van der Waals surface area contributed by atoms with Gasteiger partial charge in [-0.05, 0) is 86.4 Å². The third-order valence-corrected chi connectivity index (χ3v) is 8.21. The number of amides is 1. The lowest BCUT2D eigenvalue weighted by Crippen LogP contribution is -2.48. The Labute approximate surface area is 233 Å². The normalized spacial score (nSPS) is 18.3. The van der Waals surface area contributed by atoms with E-state index in [4.69, 9.17) is 9.47 Å². The zero-order valence-corrected chi connectivity index (χ0v) is 23.2. The van der Waals surface area contributed by atoms with Crippen LogP contribution in [0.15, 0.2) is 72.9 Å². The molecule has 2 aromatic carbocycles. The molecule has 0 saturated carbocycles. The molecule has 0 unspecified atom stereocenters. The first-order valence-electron chi connectivity index (χ1n) is 14.5. The predicted molar refractivity (Wildman–Crippen MR) is 154 cm³/mol. The molecule has 1 amide bonds. The lowest BCUT2D eigenvalue weighted by Gasteiger charge is -2.45. The summed E-state index contributed by atoms with van der Waals surface area (Å²) in [6.45, 7) is 7.43. The molecule has 39 heavy (non-hydrogen) atoms. The summed E-state index contributed by atoms with van der Waals surface area (Å²) in [5.41, 5.74) is 3.28. The third kappa shape index (κ3) is 7.18. The van der Waals surface area contributed by atoms with Crippen molar-refractivity contribution in [2.75, 3.05) is 39.4 Å². The van der Waals surface area contributed by atoms with Gasteiger partial charge in [0.1, 0.15) is 18.1 Å². The number of pyridine rings is 1. The van der Waals surface area contributed by atoms with Crippen LogP contribution in [0.25, 0.3) is 0 Å². The average molecular weight is 528 g/mol. The summed E-state index contributed by atoms with van der Waals surface area (Å²) >= 11 is 0. The van der Waals surface area contributed by atoms with Gasteiger partial charge in [-0.3, -0.25) is 14.7 Å². The molecular weight excluding hydrogens is 486 g/mol. The van der Waals surface area contributed by atoms with Gasteiger partial charge in [0.05, 0.1) is 12.3 Å². The van der Waals surface area contributed by atoms with E-state index in [1.807, 2.05) is 48.4 Å². The highest BCUT2D eigenvalue weighted by Crippen LogP contribution is 2.39. The van der Waals surface area contributed by atoms with Crippen molar-refractivity contribution < 1.29 is 14.3 Å². The maximum Gasteiger partial charge on any atom is 0.253 e. The molecule has 1 fully saturated rings. The van der Waals surface area contributed by atoms with Crippen LogP contribution in [-0.4, -0.2) is 60.1 Å². The number of hydrogen-bond donors (Lipinski definition) is 0. The average Bonchev–Trinajstić information content (AvgIpc) is 2.96. The first kappa shape index (κ1) is 27.2. The molecule has 0 radical (unpaired) electrons. The molecule has 0 atom stereocenters. The van der Waals surface area contributed by atoms with Gasteiger partial charge in [-0.25, -0.2) is 0 Å². The number of ether oxygens (including phenoxy) is 2. The highest BCUT2D eigenvalue weighted by molar-refractivity contribution is 5.94. The molecule has 2 aliphatic rings. The number of nitrogens with zero attached hydrogens (tertiary/aromatic N) is 3. The quantitative estimate of drug-likeness (QED) is 0.407. The fraction of sp³-hybridized carbons (Fsp3) is 0.455. The van der Waals surface area contributed by atoms with E-state index in [2.05, 4.69) is 46.3 Å². The second-order valence-electron chi connectivity index (χ2n) is 10.9. The second-order valence-corrected chi connectivity index (χ2v) is 10.9. The molecule has 6 nitrogen and oxygen atoms in total. The van der Waals surface area contributed by atoms with Crippen molar-refractivity contribution >= 4 is 5.91 Å². The lowest BCUT2D eigenvalue weighted by atomic mass is 9.73. The Hall–Kier alpha value is -3.38. The minimum absolute atomic E-state index is 0.106. The van der Waals surface area contributed by atoms with Gasteiger partial charge in [-0.2, -0.15) is 0 Å². The van der Waals surface area contributed by atoms with Crippen LogP contribution in [0.4, 0.5) is 0 Å². The standard InChI is InChI=1S/C33H41N3O3/c1-2-38-30-14-9-12-28(24-30)32(37)36-20-17-33(18-21-36)16-7-5-11-27-10-3-4-15-31(27)39-23-22-35(26-33)25-29-13-6-8-19-34-29/h3-4,6,8-10,12-15,19,24H,2,5,7,11,16-18,20-23,25-26H2,1H3. The number of aryl methyl sites for hydroxylation is 1. The number of carbonyl (C=O) groups excluding carboxylic acids is 1. The summed E-state index contributed by atoms with van der Waals surface area (Å²) in [5.74, 6) is 1.88. The Balaban J connectivity index is 1.31. The Bertz CT molecular complexity index is 1210. The molecule has 1 spiro atoms. The van der Waals surface area contributed by atoms with Crippen LogP contribution >= 0.6 is 0 Å². The monoisotopic (exact) mass is 527 g/mol. The lowest BCUT2D eigenvalue weighted by molar-refractivity contribution is 0.0358. The molecule has 1 saturated heterocycles. The Morgan fingerprint density at radius 1 is 0.974 bits per heavy atom. The number of likely N-dealkylation sites (tertiary alicyclic amines) is 1. The van der Waals surface area contributed by atoms with Crippen molar-refractivity contribution in [1.82, 2.24) is 14.8 Å². The maximum atomic E-state index is 13.4. The maximum absolute atomic E-state index is 13.4. The zero-order valence-electron chi connectivity index (χ0n) is 23.2. The van der Waals surface area contributed by atoms with Gasteiger partial charge in [0.15, 0.2) is 0 Å². The van der Waals surface area contributed by atoms with Crippen LogP contribution in [0.2, 0.25) is 0 Å². The summed E-state index contributed by atoms with van der Waals surface area (Å²) in [6.07, 6.45) is 8.45. The number of rotatable bonds is 5. The van der Waals surface area contributed by atoms with Crippen LogP contribution < -0.4 is 9.47 Å². The van der Waals surface area contributed by atoms with E-state index in [0.29, 0.717) is 18.8 Å². The van der Waals surface area contributed by atoms with Crippen LogP contribution in [0.5, 0.6) is 11.5 Å². The van der Waals surface area contributed by atoms with E-state index in [9.17, 15) is 4.79 Å². The van der Waals surface area contributed by atoms with Crippen molar-refractivity contribution in [2.24, 2.45) is 5.41 Å². The smallest absolute Gasteiger partial charge is 0.253 e. The molecule has 2 aliphatic heterocycles. The van der Waals surface area contributed by atoms with Crippen LogP contribution in [0, 0.1) is 5.41 Å². The summed E-state index contributed by atoms with van der Waals surface area (Å²) in [5, 5.41) is 0. The number of carbonyl (C=O) groups is 1. The Morgan fingerprint density at radius 3 is 2.64 bits per heavy atom. The first-order valence-corrected chi connectivity index (χ1v) is 14.5. The van der Waals surface area contributed by atoms with E-state index < -0.39 is 0 Å². The highest BCUT2D eigenvalue weighted by atomic mass is 16.5. The Kier molecular flexibility index (Phi) is 9.15. The van der Waals surface area contributed by atoms with Gasteiger partial charge in [0.2, 0.25) is 0 Å². The molecule has 1 aromatic heterocycles. The van der Waals surface area contributed by atoms with Crippen molar-refractivity contribution in [1.29, 1.82) is 0 Å². The molecule has 0 bridgehead atoms. The molecule has 206 valence electrons. The number of benzene rings is 2. The van der Waals surface area contributed by atoms with Gasteiger partial charge < -0.3 is 14.4 Å². The topological polar surface area (TPSA) is 54.9 Å². The van der Waals surface area contributed by atoms with Crippen LogP contribution in [0.3, 0.4) is 0 Å². The van der Waals surface area contributed by atoms with Gasteiger partial charge in [0.25, 0.3) is 5.91 Å². The minimum atomic E-state index is 0.106. The first-order chi connectivity index (χ1) is 19.1. The highest BCUT2D eigenvalue weighted by Gasteiger charge is 2.37. The number of hydrogen-bond acceptors (Lipinski definition) is 5. The Morgan fingerprint density at radius 2 is 1.82 bits per heavy atom. The number of piperidine rings is 1. The van der Waals surface area contributed by atoms with E-state index >= 15 is 0 Å². The third-order valence-electron chi connectivity index (χ3n) is 8.21. The molecule has 0 N–H and O–H groups in total. The van der Waals surface area contributed by atoms with Crippen LogP contribution in [-0.2, 0) is 13.0 Å². The van der Waals surface area contributed by atoms with E-state index in [-0.39, 0.29) is 11.3 Å². The summed E-state index contributed by atoms with van der Waals surface area (Å²) in [7, 11) is 0. The molecule has 0 aliphatic carbocycles. The predicted octanol–water partition coefficient (Wildman–Crippen LogP) is 6.01. The molecular formula is C33H41N3O3. The second kappa shape index (κ2) is 13.1. The van der Waals surface area contributed by atoms with Crippen molar-refractivity contribution in [3.63, 3.8) is 0 Å². The number of para-hydroxylation sites is 1. The number of aromatic nitrogens is 1. The van der Waals surface area contributed by atoms with Crippen molar-refractivity contribution in [3.8, 4) is 11.5 Å². The molecule has 3 heterocycles. The van der Waals surface area contributed by atoms with E-state index in [1.165, 1.54) is 18.4 Å². The summed E-state index contributed by atoms with van der Waals surface area (Å²) < 4.78 is 11.9. The fourth-order valence-electron chi connectivity index (χ4n) is 6.10. The minimum Gasteiger partial charge on any atom is -0.494 e. The van der Waals surface area contributed by atoms with E-state index in [1.54, 1.807) is 0 Å². The van der Waals surface area contributed by atoms with E-state index in [0.717, 1.165) is 75.6 Å². The van der Waals surface area contributed by atoms with Gasteiger partial charge >= 0.3 is 0 Å². The molecule has 6 heteroatoms. The largest absolute Gasteiger partial charge is 0.494 e. The number of fused-ring (bicyclic) bond motifs is 1. The van der Waals surface area contributed by atoms with Crippen molar-refractivity contribution in [3.05, 3.63) is 89.7 Å². The summed E-state index contributed by atoms with van der Waals surface area (Å²) in [6, 6.07) is 22.2.